The van der Waals surface area contributed by atoms with E-state index in [1.165, 1.54) is 13.2 Å². The Bertz CT molecular complexity index is 978. The summed E-state index contributed by atoms with van der Waals surface area (Å²) in [6.45, 7) is 3.48. The molecule has 2 aliphatic rings. The number of carbonyl (C=O) groups is 4. The molecule has 9 nitrogen and oxygen atoms in total. The van der Waals surface area contributed by atoms with Gasteiger partial charge >= 0.3 is 0 Å². The van der Waals surface area contributed by atoms with Gasteiger partial charge in [-0.15, -0.1) is 0 Å². The number of furan rings is 1. The molecule has 1 unspecified atom stereocenters. The first-order valence-corrected chi connectivity index (χ1v) is 10.2. The van der Waals surface area contributed by atoms with Crippen molar-refractivity contribution in [2.24, 2.45) is 5.92 Å². The van der Waals surface area contributed by atoms with Crippen LogP contribution in [0.4, 0.5) is 11.4 Å². The highest BCUT2D eigenvalue weighted by atomic mass is 16.3. The lowest BCUT2D eigenvalue weighted by Gasteiger charge is -2.35. The monoisotopic (exact) mass is 424 g/mol. The molecule has 1 N–H and O–H groups in total. The molecule has 2 aromatic rings. The van der Waals surface area contributed by atoms with Gasteiger partial charge in [-0.2, -0.15) is 0 Å². The van der Waals surface area contributed by atoms with Gasteiger partial charge in [0.05, 0.1) is 12.2 Å². The normalized spacial score (nSPS) is 18.9. The Morgan fingerprint density at radius 1 is 1.00 bits per heavy atom. The predicted octanol–water partition coefficient (Wildman–Crippen LogP) is 1.58. The molecular weight excluding hydrogens is 400 g/mol. The Kier molecular flexibility index (Phi) is 5.75. The maximum absolute atomic E-state index is 13.0. The van der Waals surface area contributed by atoms with Gasteiger partial charge in [-0.25, -0.2) is 0 Å². The minimum atomic E-state index is -0.408. The summed E-state index contributed by atoms with van der Waals surface area (Å²) >= 11 is 0. The quantitative estimate of drug-likeness (QED) is 0.803. The minimum Gasteiger partial charge on any atom is -0.459 e. The van der Waals surface area contributed by atoms with Crippen molar-refractivity contribution in [3.05, 3.63) is 48.4 Å². The molecule has 4 amide bonds. The molecule has 2 fully saturated rings. The molecule has 1 aromatic heterocycles. The van der Waals surface area contributed by atoms with Crippen molar-refractivity contribution in [3.63, 3.8) is 0 Å². The van der Waals surface area contributed by atoms with Crippen molar-refractivity contribution in [2.75, 3.05) is 42.9 Å². The first-order chi connectivity index (χ1) is 14.9. The Morgan fingerprint density at radius 2 is 1.68 bits per heavy atom. The number of hydrogen-bond donors (Lipinski definition) is 1. The summed E-state index contributed by atoms with van der Waals surface area (Å²) in [4.78, 5) is 54.0. The minimum absolute atomic E-state index is 0.0594. The van der Waals surface area contributed by atoms with Crippen LogP contribution < -0.4 is 10.2 Å². The Labute approximate surface area is 179 Å². The molecule has 31 heavy (non-hydrogen) atoms. The van der Waals surface area contributed by atoms with E-state index in [2.05, 4.69) is 5.32 Å². The molecule has 2 saturated heterocycles. The third-order valence-electron chi connectivity index (χ3n) is 5.58. The van der Waals surface area contributed by atoms with E-state index in [1.54, 1.807) is 51.1 Å². The van der Waals surface area contributed by atoms with Crippen LogP contribution in [0.1, 0.15) is 23.9 Å². The molecule has 9 heteroatoms. The summed E-state index contributed by atoms with van der Waals surface area (Å²) in [5.41, 5.74) is 1.35. The highest BCUT2D eigenvalue weighted by molar-refractivity contribution is 6.00. The molecule has 0 saturated carbocycles. The van der Waals surface area contributed by atoms with Gasteiger partial charge < -0.3 is 24.4 Å². The number of nitrogens with one attached hydrogen (secondary N) is 1. The second-order valence-electron chi connectivity index (χ2n) is 7.73. The van der Waals surface area contributed by atoms with Gasteiger partial charge in [0.15, 0.2) is 5.76 Å². The van der Waals surface area contributed by atoms with Crippen molar-refractivity contribution in [2.45, 2.75) is 13.3 Å². The lowest BCUT2D eigenvalue weighted by atomic mass is 10.1. The lowest BCUT2D eigenvalue weighted by molar-refractivity contribution is -0.137. The Morgan fingerprint density at radius 3 is 2.29 bits per heavy atom. The van der Waals surface area contributed by atoms with Crippen molar-refractivity contribution in [1.29, 1.82) is 0 Å². The number of amides is 4. The van der Waals surface area contributed by atoms with Crippen LogP contribution in [0.2, 0.25) is 0 Å². The van der Waals surface area contributed by atoms with Gasteiger partial charge in [0.2, 0.25) is 17.7 Å². The van der Waals surface area contributed by atoms with Crippen LogP contribution in [0.15, 0.2) is 47.1 Å². The average Bonchev–Trinajstić information content (AvgIpc) is 3.43. The highest BCUT2D eigenvalue weighted by Crippen LogP contribution is 2.28. The third-order valence-corrected chi connectivity index (χ3v) is 5.58. The summed E-state index contributed by atoms with van der Waals surface area (Å²) in [6.07, 6.45) is 1.63. The summed E-state index contributed by atoms with van der Waals surface area (Å²) in [5.74, 6) is -0.618. The number of anilines is 2. The van der Waals surface area contributed by atoms with E-state index in [4.69, 9.17) is 4.42 Å². The van der Waals surface area contributed by atoms with Crippen LogP contribution in [0.25, 0.3) is 0 Å². The van der Waals surface area contributed by atoms with E-state index in [0.717, 1.165) is 0 Å². The average molecular weight is 424 g/mol. The van der Waals surface area contributed by atoms with Crippen molar-refractivity contribution in [3.8, 4) is 0 Å². The molecule has 0 spiro atoms. The van der Waals surface area contributed by atoms with Crippen LogP contribution in [0.5, 0.6) is 0 Å². The number of nitrogens with zero attached hydrogens (tertiary/aromatic N) is 3. The van der Waals surface area contributed by atoms with Gasteiger partial charge in [0.25, 0.3) is 5.91 Å². The molecule has 162 valence electrons. The summed E-state index contributed by atoms with van der Waals surface area (Å²) in [6, 6.07) is 10.3. The maximum Gasteiger partial charge on any atom is 0.289 e. The summed E-state index contributed by atoms with van der Waals surface area (Å²) in [7, 11) is 0. The fraction of sp³-hybridized carbons (Fsp3) is 0.364. The zero-order valence-corrected chi connectivity index (χ0v) is 17.2. The fourth-order valence-corrected chi connectivity index (χ4v) is 3.99. The van der Waals surface area contributed by atoms with Gasteiger partial charge in [-0.05, 0) is 36.4 Å². The number of benzene rings is 1. The van der Waals surface area contributed by atoms with E-state index >= 15 is 0 Å². The first-order valence-electron chi connectivity index (χ1n) is 10.2. The molecule has 1 atom stereocenters. The molecule has 1 aromatic carbocycles. The van der Waals surface area contributed by atoms with Gasteiger partial charge in [0, 0.05) is 57.4 Å². The van der Waals surface area contributed by atoms with Crippen LogP contribution in [0.3, 0.4) is 0 Å². The largest absolute Gasteiger partial charge is 0.459 e. The van der Waals surface area contributed by atoms with E-state index in [0.29, 0.717) is 49.9 Å². The van der Waals surface area contributed by atoms with Crippen molar-refractivity contribution < 1.29 is 23.6 Å². The van der Waals surface area contributed by atoms with E-state index in [1.807, 2.05) is 0 Å². The van der Waals surface area contributed by atoms with Crippen molar-refractivity contribution in [1.82, 2.24) is 9.80 Å². The van der Waals surface area contributed by atoms with Crippen LogP contribution >= 0.6 is 0 Å². The molecule has 0 bridgehead atoms. The van der Waals surface area contributed by atoms with E-state index in [9.17, 15) is 19.2 Å². The van der Waals surface area contributed by atoms with E-state index in [-0.39, 0.29) is 30.0 Å². The molecule has 2 aliphatic heterocycles. The zero-order valence-electron chi connectivity index (χ0n) is 17.2. The van der Waals surface area contributed by atoms with Gasteiger partial charge in [-0.1, -0.05) is 0 Å². The second kappa shape index (κ2) is 8.63. The number of piperazine rings is 1. The number of hydrogen-bond acceptors (Lipinski definition) is 5. The molecule has 3 heterocycles. The Hall–Kier alpha value is -3.62. The molecule has 0 aliphatic carbocycles. The third kappa shape index (κ3) is 4.45. The summed E-state index contributed by atoms with van der Waals surface area (Å²) in [5, 5.41) is 2.69. The maximum atomic E-state index is 13.0. The smallest absolute Gasteiger partial charge is 0.289 e. The zero-order chi connectivity index (χ0) is 22.0. The molecule has 4 rings (SSSR count). The van der Waals surface area contributed by atoms with E-state index < -0.39 is 5.92 Å². The molecule has 0 radical (unpaired) electrons. The SMILES string of the molecule is CC(=O)Nc1ccc(N2CC(C(=O)N3CCN(C(=O)c4ccco4)CC3)CC2=O)cc1. The van der Waals surface area contributed by atoms with Gasteiger partial charge in [0.1, 0.15) is 0 Å². The van der Waals surface area contributed by atoms with Crippen LogP contribution in [0, 0.1) is 5.92 Å². The first kappa shape index (κ1) is 20.6. The predicted molar refractivity (Wildman–Crippen MR) is 112 cm³/mol. The number of carbonyl (C=O) groups excluding carboxylic acids is 4. The fourth-order valence-electron chi connectivity index (χ4n) is 3.99. The second-order valence-corrected chi connectivity index (χ2v) is 7.73. The molecular formula is C22H24N4O5. The van der Waals surface area contributed by atoms with Crippen LogP contribution in [-0.2, 0) is 14.4 Å². The van der Waals surface area contributed by atoms with Crippen molar-refractivity contribution >= 4 is 35.0 Å². The summed E-state index contributed by atoms with van der Waals surface area (Å²) < 4.78 is 5.16. The van der Waals surface area contributed by atoms with Gasteiger partial charge in [-0.3, -0.25) is 19.2 Å². The van der Waals surface area contributed by atoms with Crippen LogP contribution in [-0.4, -0.2) is 66.2 Å². The lowest BCUT2D eigenvalue weighted by Crippen LogP contribution is -2.52. The highest BCUT2D eigenvalue weighted by Gasteiger charge is 2.38. The Balaban J connectivity index is 1.33. The number of rotatable bonds is 4. The topological polar surface area (TPSA) is 103 Å². The standard InChI is InChI=1S/C22H24N4O5/c1-15(27)23-17-4-6-18(7-5-17)26-14-16(13-20(26)28)21(29)24-8-10-25(11-9-24)22(30)19-3-2-12-31-19/h2-7,12,16H,8-11,13-14H2,1H3,(H,23,27).